The first-order chi connectivity index (χ1) is 11.9. The minimum atomic E-state index is -3.48. The van der Waals surface area contributed by atoms with Crippen LogP contribution < -0.4 is 9.62 Å². The Morgan fingerprint density at radius 2 is 1.68 bits per heavy atom. The highest BCUT2D eigenvalue weighted by atomic mass is 35.5. The minimum absolute atomic E-state index is 0.172. The standard InChI is InChI=1S/C18H20Cl2N2O2S/c19-16-6-5-15(18(20)11-16)13-25(23,24)21-12-14-3-7-17(8-4-14)22-9-1-2-10-22/h3-8,11,21H,1-2,9-10,12-13H2. The van der Waals surface area contributed by atoms with Gasteiger partial charge < -0.3 is 4.90 Å². The molecule has 134 valence electrons. The average Bonchev–Trinajstić information content (AvgIpc) is 3.11. The second-order valence-corrected chi connectivity index (χ2v) is 8.83. The Morgan fingerprint density at radius 3 is 2.32 bits per heavy atom. The van der Waals surface area contributed by atoms with Crippen LogP contribution in [-0.2, 0) is 22.3 Å². The molecular weight excluding hydrogens is 379 g/mol. The van der Waals surface area contributed by atoms with Gasteiger partial charge in [0.25, 0.3) is 0 Å². The predicted molar refractivity (Wildman–Crippen MR) is 104 cm³/mol. The number of benzene rings is 2. The Hall–Kier alpha value is -1.27. The summed E-state index contributed by atoms with van der Waals surface area (Å²) in [5.74, 6) is -0.172. The fraction of sp³-hybridized carbons (Fsp3) is 0.333. The summed E-state index contributed by atoms with van der Waals surface area (Å²) >= 11 is 11.9. The van der Waals surface area contributed by atoms with Gasteiger partial charge in [-0.1, -0.05) is 41.4 Å². The lowest BCUT2D eigenvalue weighted by Crippen LogP contribution is -2.25. The molecule has 1 fully saturated rings. The van der Waals surface area contributed by atoms with E-state index in [-0.39, 0.29) is 12.3 Å². The molecule has 3 rings (SSSR count). The van der Waals surface area contributed by atoms with Crippen molar-refractivity contribution in [3.63, 3.8) is 0 Å². The van der Waals surface area contributed by atoms with Crippen LogP contribution in [0.4, 0.5) is 5.69 Å². The Kier molecular flexibility index (Phi) is 5.89. The highest BCUT2D eigenvalue weighted by Gasteiger charge is 2.15. The minimum Gasteiger partial charge on any atom is -0.372 e. The molecule has 2 aromatic carbocycles. The lowest BCUT2D eigenvalue weighted by atomic mass is 10.2. The molecule has 1 N–H and O–H groups in total. The maximum atomic E-state index is 12.3. The molecule has 7 heteroatoms. The number of hydrogen-bond acceptors (Lipinski definition) is 3. The van der Waals surface area contributed by atoms with Crippen molar-refractivity contribution < 1.29 is 8.42 Å². The van der Waals surface area contributed by atoms with Crippen molar-refractivity contribution in [1.29, 1.82) is 0 Å². The normalized spacial score (nSPS) is 14.9. The Morgan fingerprint density at radius 1 is 1.00 bits per heavy atom. The third-order valence-corrected chi connectivity index (χ3v) is 6.13. The Labute approximate surface area is 158 Å². The molecule has 1 saturated heterocycles. The second kappa shape index (κ2) is 7.96. The van der Waals surface area contributed by atoms with E-state index >= 15 is 0 Å². The molecule has 0 spiro atoms. The molecule has 4 nitrogen and oxygen atoms in total. The zero-order valence-corrected chi connectivity index (χ0v) is 16.0. The molecule has 0 amide bonds. The molecule has 0 aromatic heterocycles. The molecule has 25 heavy (non-hydrogen) atoms. The molecule has 1 aliphatic heterocycles. The molecule has 0 atom stereocenters. The van der Waals surface area contributed by atoms with Gasteiger partial charge in [-0.25, -0.2) is 13.1 Å². The summed E-state index contributed by atoms with van der Waals surface area (Å²) in [7, 11) is -3.48. The van der Waals surface area contributed by atoms with Gasteiger partial charge in [0.15, 0.2) is 0 Å². The van der Waals surface area contributed by atoms with Crippen molar-refractivity contribution in [2.75, 3.05) is 18.0 Å². The predicted octanol–water partition coefficient (Wildman–Crippen LogP) is 4.21. The van der Waals surface area contributed by atoms with Crippen molar-refractivity contribution in [3.8, 4) is 0 Å². The van der Waals surface area contributed by atoms with Crippen LogP contribution in [0.3, 0.4) is 0 Å². The molecule has 1 heterocycles. The van der Waals surface area contributed by atoms with E-state index in [1.165, 1.54) is 18.5 Å². The number of anilines is 1. The van der Waals surface area contributed by atoms with Gasteiger partial charge >= 0.3 is 0 Å². The van der Waals surface area contributed by atoms with Crippen LogP contribution in [0.1, 0.15) is 24.0 Å². The first-order valence-corrected chi connectivity index (χ1v) is 10.6. The summed E-state index contributed by atoms with van der Waals surface area (Å²) < 4.78 is 27.2. The van der Waals surface area contributed by atoms with Gasteiger partial charge in [0, 0.05) is 35.4 Å². The largest absolute Gasteiger partial charge is 0.372 e. The monoisotopic (exact) mass is 398 g/mol. The van der Waals surface area contributed by atoms with Crippen molar-refractivity contribution in [3.05, 3.63) is 63.6 Å². The molecule has 0 unspecified atom stereocenters. The summed E-state index contributed by atoms with van der Waals surface area (Å²) in [4.78, 5) is 2.34. The van der Waals surface area contributed by atoms with Gasteiger partial charge in [-0.2, -0.15) is 0 Å². The highest BCUT2D eigenvalue weighted by molar-refractivity contribution is 7.88. The van der Waals surface area contributed by atoms with E-state index in [0.717, 1.165) is 18.7 Å². The average molecular weight is 399 g/mol. The number of hydrogen-bond donors (Lipinski definition) is 1. The highest BCUT2D eigenvalue weighted by Crippen LogP contribution is 2.23. The van der Waals surface area contributed by atoms with Gasteiger partial charge in [-0.05, 0) is 48.2 Å². The number of nitrogens with zero attached hydrogens (tertiary/aromatic N) is 1. The number of sulfonamides is 1. The lowest BCUT2D eigenvalue weighted by molar-refractivity contribution is 0.580. The zero-order chi connectivity index (χ0) is 17.9. The van der Waals surface area contributed by atoms with E-state index in [9.17, 15) is 8.42 Å². The molecule has 0 aliphatic carbocycles. The van der Waals surface area contributed by atoms with E-state index < -0.39 is 10.0 Å². The Balaban J connectivity index is 1.59. The van der Waals surface area contributed by atoms with Crippen molar-refractivity contribution >= 4 is 38.9 Å². The number of nitrogens with one attached hydrogen (secondary N) is 1. The topological polar surface area (TPSA) is 49.4 Å². The van der Waals surface area contributed by atoms with E-state index in [0.29, 0.717) is 15.6 Å². The first kappa shape index (κ1) is 18.5. The van der Waals surface area contributed by atoms with Crippen LogP contribution in [-0.4, -0.2) is 21.5 Å². The SMILES string of the molecule is O=S(=O)(Cc1ccc(Cl)cc1Cl)NCc1ccc(N2CCCC2)cc1. The third-order valence-electron chi connectivity index (χ3n) is 4.26. The smallest absolute Gasteiger partial charge is 0.216 e. The quantitative estimate of drug-likeness (QED) is 0.792. The maximum Gasteiger partial charge on any atom is 0.216 e. The Bertz CT molecular complexity index is 833. The van der Waals surface area contributed by atoms with Crippen LogP contribution in [0, 0.1) is 0 Å². The number of halogens is 2. The van der Waals surface area contributed by atoms with Crippen LogP contribution >= 0.6 is 23.2 Å². The van der Waals surface area contributed by atoms with Crippen LogP contribution in [0.25, 0.3) is 0 Å². The van der Waals surface area contributed by atoms with E-state index in [1.807, 2.05) is 24.3 Å². The fourth-order valence-corrected chi connectivity index (χ4v) is 4.59. The van der Waals surface area contributed by atoms with Crippen molar-refractivity contribution in [2.45, 2.75) is 25.1 Å². The van der Waals surface area contributed by atoms with Crippen LogP contribution in [0.5, 0.6) is 0 Å². The van der Waals surface area contributed by atoms with E-state index in [1.54, 1.807) is 18.2 Å². The van der Waals surface area contributed by atoms with Gasteiger partial charge in [0.1, 0.15) is 0 Å². The van der Waals surface area contributed by atoms with Crippen LogP contribution in [0.2, 0.25) is 10.0 Å². The molecule has 2 aromatic rings. The third kappa shape index (κ3) is 5.11. The molecule has 0 radical (unpaired) electrons. The number of rotatable bonds is 6. The van der Waals surface area contributed by atoms with Crippen LogP contribution in [0.15, 0.2) is 42.5 Å². The van der Waals surface area contributed by atoms with Gasteiger partial charge in [0.2, 0.25) is 10.0 Å². The van der Waals surface area contributed by atoms with Gasteiger partial charge in [-0.3, -0.25) is 0 Å². The van der Waals surface area contributed by atoms with Crippen molar-refractivity contribution in [2.24, 2.45) is 0 Å². The summed E-state index contributed by atoms with van der Waals surface area (Å²) in [5, 5.41) is 0.838. The summed E-state index contributed by atoms with van der Waals surface area (Å²) in [6.07, 6.45) is 2.46. The van der Waals surface area contributed by atoms with E-state index in [4.69, 9.17) is 23.2 Å². The zero-order valence-electron chi connectivity index (χ0n) is 13.7. The molecule has 0 saturated carbocycles. The first-order valence-electron chi connectivity index (χ1n) is 8.18. The van der Waals surface area contributed by atoms with E-state index in [2.05, 4.69) is 9.62 Å². The summed E-state index contributed by atoms with van der Waals surface area (Å²) in [6.45, 7) is 2.44. The van der Waals surface area contributed by atoms with Crippen molar-refractivity contribution in [1.82, 2.24) is 4.72 Å². The molecular formula is C18H20Cl2N2O2S. The summed E-state index contributed by atoms with van der Waals surface area (Å²) in [6, 6.07) is 12.8. The summed E-state index contributed by atoms with van der Waals surface area (Å²) in [5.41, 5.74) is 2.65. The second-order valence-electron chi connectivity index (χ2n) is 6.18. The van der Waals surface area contributed by atoms with Gasteiger partial charge in [-0.15, -0.1) is 0 Å². The molecule has 0 bridgehead atoms. The maximum absolute atomic E-state index is 12.3. The van der Waals surface area contributed by atoms with Gasteiger partial charge in [0.05, 0.1) is 5.75 Å². The lowest BCUT2D eigenvalue weighted by Gasteiger charge is -2.17. The molecule has 1 aliphatic rings. The fourth-order valence-electron chi connectivity index (χ4n) is 2.89.